The van der Waals surface area contributed by atoms with Crippen molar-refractivity contribution in [3.63, 3.8) is 0 Å². The molecule has 41 heavy (non-hydrogen) atoms. The number of nitrogens with zero attached hydrogens (tertiary/aromatic N) is 6. The molecule has 3 rings (SSSR count). The summed E-state index contributed by atoms with van der Waals surface area (Å²) in [6, 6.07) is 2.10. The smallest absolute Gasteiger partial charge is 0.175 e. The van der Waals surface area contributed by atoms with Crippen LogP contribution in [0.5, 0.6) is 0 Å². The minimum absolute atomic E-state index is 0. The average Bonchev–Trinajstić information content (AvgIpc) is 3.68. The van der Waals surface area contributed by atoms with Crippen molar-refractivity contribution in [1.29, 1.82) is 5.26 Å². The Balaban J connectivity index is -0.000000608. The Morgan fingerprint density at radius 2 is 1.32 bits per heavy atom. The van der Waals surface area contributed by atoms with Crippen LogP contribution in [0, 0.1) is 72.5 Å². The van der Waals surface area contributed by atoms with Crippen molar-refractivity contribution in [2.75, 3.05) is 14.1 Å². The summed E-state index contributed by atoms with van der Waals surface area (Å²) in [4.78, 5) is 23.5. The van der Waals surface area contributed by atoms with Crippen LogP contribution in [-0.2, 0) is 81.4 Å². The molecule has 0 spiro atoms. The van der Waals surface area contributed by atoms with Gasteiger partial charge in [0.05, 0.1) is 17.9 Å². The van der Waals surface area contributed by atoms with Crippen LogP contribution in [0.4, 0.5) is 0 Å². The van der Waals surface area contributed by atoms with Crippen LogP contribution in [0.2, 0.25) is 0 Å². The molecule has 1 N–H and O–H groups in total. The predicted octanol–water partition coefficient (Wildman–Crippen LogP) is 6.76. The van der Waals surface area contributed by atoms with Crippen molar-refractivity contribution in [3.05, 3.63) is 30.3 Å². The minimum Gasteiger partial charge on any atom is -0.656 e. The van der Waals surface area contributed by atoms with Crippen molar-refractivity contribution in [2.45, 2.75) is 92.9 Å². The summed E-state index contributed by atoms with van der Waals surface area (Å²) in [5, 5.41) is 30.1. The first-order chi connectivity index (χ1) is 18.7. The number of hydrogen-bond acceptors (Lipinski definition) is 6. The average molecular weight is 722 g/mol. The number of amides is 2. The molecule has 0 saturated heterocycles. The van der Waals surface area contributed by atoms with Gasteiger partial charge in [0.2, 0.25) is 0 Å². The zero-order valence-electron chi connectivity index (χ0n) is 26.8. The number of hydrogen-bond donors (Lipinski definition) is 1. The van der Waals surface area contributed by atoms with Crippen LogP contribution in [0.1, 0.15) is 92.3 Å². The Hall–Kier alpha value is -0.292. The van der Waals surface area contributed by atoms with Gasteiger partial charge in [-0.25, -0.2) is 0 Å². The van der Waals surface area contributed by atoms with Crippen molar-refractivity contribution >= 4 is 11.8 Å². The molecule has 9 nitrogen and oxygen atoms in total. The number of H-pyrrole nitrogens is 1. The van der Waals surface area contributed by atoms with Gasteiger partial charge in [-0.3, -0.25) is 0 Å². The maximum absolute atomic E-state index is 12.0. The van der Waals surface area contributed by atoms with Crippen LogP contribution >= 0.6 is 0 Å². The second-order valence-corrected chi connectivity index (χ2v) is 10.7. The number of rotatable bonds is 9. The number of tetrazole rings is 1. The van der Waals surface area contributed by atoms with Gasteiger partial charge in [-0.1, -0.05) is 45.7 Å². The summed E-state index contributed by atoms with van der Waals surface area (Å²) in [6.07, 6.45) is 7.49. The first-order valence-electron chi connectivity index (χ1n) is 14.5. The summed E-state index contributed by atoms with van der Waals surface area (Å²) >= 11 is 0. The molecular formula is C30H53N7O2Y2-4. The monoisotopic (exact) mass is 721 g/mol. The van der Waals surface area contributed by atoms with E-state index in [2.05, 4.69) is 78.9 Å². The fourth-order valence-corrected chi connectivity index (χ4v) is 5.84. The van der Waals surface area contributed by atoms with Crippen LogP contribution < -0.4 is 0 Å². The molecule has 2 saturated carbocycles. The number of aromatic amines is 1. The van der Waals surface area contributed by atoms with E-state index in [9.17, 15) is 9.59 Å². The molecule has 2 unspecified atom stereocenters. The maximum atomic E-state index is 12.0. The fourth-order valence-electron chi connectivity index (χ4n) is 5.84. The van der Waals surface area contributed by atoms with Gasteiger partial charge in [-0.15, -0.1) is 24.3 Å². The molecule has 2 amide bonds. The molecule has 1 aromatic rings. The normalized spacial score (nSPS) is 25.4. The quantitative estimate of drug-likeness (QED) is 0.280. The second kappa shape index (κ2) is 26.1. The molecule has 0 bridgehead atoms. The van der Waals surface area contributed by atoms with Gasteiger partial charge in [0.1, 0.15) is 0 Å². The first-order valence-corrected chi connectivity index (χ1v) is 14.5. The predicted molar refractivity (Wildman–Crippen MR) is 157 cm³/mol. The summed E-state index contributed by atoms with van der Waals surface area (Å²) in [5.41, 5.74) is 0. The maximum Gasteiger partial charge on any atom is 0.175 e. The van der Waals surface area contributed by atoms with Gasteiger partial charge in [-0.05, 0) is 61.2 Å². The zero-order chi connectivity index (χ0) is 30.0. The standard InChI is InChI=1S/C13H23N5O.C13H22N2O.2C2H5.2Y/c1-8-4-5-10(9(8)2)6-11(13(19)14-3)7-12-15-17-18-16-12;1-9-4-5-11(10(9)2)8-12(6-7-14)13(16)15-3;2*1-2;;/h8-11H,4-7H2,1-3H3,(H2,14,15,16,17,18,19);9-12H,4-6,8H2,1-3H3,(H,15,16);2*1H2,2H3;;/q;;2*-1;;/p-2/t8-,9-,10-,11?;9-,10-,11-,12?;;;;/m11..../s1. The zero-order valence-corrected chi connectivity index (χ0v) is 32.5. The summed E-state index contributed by atoms with van der Waals surface area (Å²) in [5.74, 6) is 4.23. The molecule has 1 heterocycles. The molecule has 230 valence electrons. The first kappa shape index (κ1) is 45.1. The van der Waals surface area contributed by atoms with Crippen molar-refractivity contribution in [3.8, 4) is 6.07 Å². The third kappa shape index (κ3) is 15.8. The van der Waals surface area contributed by atoms with Crippen LogP contribution in [-0.4, -0.2) is 46.5 Å². The molecule has 0 aromatic carbocycles. The van der Waals surface area contributed by atoms with E-state index in [1.54, 1.807) is 20.9 Å². The second-order valence-electron chi connectivity index (χ2n) is 10.7. The van der Waals surface area contributed by atoms with Gasteiger partial charge >= 0.3 is 0 Å². The van der Waals surface area contributed by atoms with E-state index in [4.69, 9.17) is 5.26 Å². The Morgan fingerprint density at radius 3 is 1.66 bits per heavy atom. The number of nitriles is 1. The van der Waals surface area contributed by atoms with E-state index in [-0.39, 0.29) is 89.1 Å². The Morgan fingerprint density at radius 1 is 0.878 bits per heavy atom. The number of nitrogens with one attached hydrogen (secondary N) is 1. The molecule has 11 heteroatoms. The third-order valence-corrected chi connectivity index (χ3v) is 8.74. The molecule has 2 radical (unpaired) electrons. The molecule has 2 aliphatic rings. The molecule has 2 fully saturated rings. The summed E-state index contributed by atoms with van der Waals surface area (Å²) in [7, 11) is 3.08. The minimum atomic E-state index is -0.173. The van der Waals surface area contributed by atoms with Crippen molar-refractivity contribution in [2.24, 2.45) is 47.3 Å². The number of carbonyl (C=O) groups excluding carboxylic acids is 2. The van der Waals surface area contributed by atoms with Gasteiger partial charge < -0.3 is 34.1 Å². The molecule has 1 aromatic heterocycles. The SMILES string of the molecule is C[N-]C(=O)C(CC#N)C[C@H]1CC[C@@H](C)[C@H]1C.C[N-]C(=O)C(Cc1nn[nH]n1)C[C@H]1CC[C@@H](C)[C@H]1C.[CH2-]C.[CH2-]C.[Y].[Y]. The van der Waals surface area contributed by atoms with Crippen molar-refractivity contribution < 1.29 is 75.0 Å². The molecule has 2 aliphatic carbocycles. The van der Waals surface area contributed by atoms with Gasteiger partial charge in [0.15, 0.2) is 5.82 Å². The van der Waals surface area contributed by atoms with E-state index in [0.29, 0.717) is 42.3 Å². The van der Waals surface area contributed by atoms with Crippen molar-refractivity contribution in [1.82, 2.24) is 20.6 Å². The van der Waals surface area contributed by atoms with Crippen LogP contribution in [0.25, 0.3) is 10.6 Å². The molecule has 0 aliphatic heterocycles. The van der Waals surface area contributed by atoms with E-state index >= 15 is 0 Å². The topological polar surface area (TPSA) is 141 Å². The summed E-state index contributed by atoms with van der Waals surface area (Å²) in [6.45, 7) is 19.1. The largest absolute Gasteiger partial charge is 0.656 e. The number of carbonyl (C=O) groups is 2. The van der Waals surface area contributed by atoms with E-state index in [1.807, 2.05) is 0 Å². The Labute approximate surface area is 300 Å². The Bertz CT molecular complexity index is 835. The van der Waals surface area contributed by atoms with Gasteiger partial charge in [0.25, 0.3) is 0 Å². The van der Waals surface area contributed by atoms with Crippen LogP contribution in [0.3, 0.4) is 0 Å². The van der Waals surface area contributed by atoms with Crippen LogP contribution in [0.15, 0.2) is 0 Å². The molecule has 8 atom stereocenters. The third-order valence-electron chi connectivity index (χ3n) is 8.74. The van der Waals surface area contributed by atoms with E-state index < -0.39 is 0 Å². The summed E-state index contributed by atoms with van der Waals surface area (Å²) < 4.78 is 0. The van der Waals surface area contributed by atoms with E-state index in [0.717, 1.165) is 24.7 Å². The van der Waals surface area contributed by atoms with Gasteiger partial charge in [0, 0.05) is 90.1 Å². The van der Waals surface area contributed by atoms with Gasteiger partial charge in [-0.2, -0.15) is 24.3 Å². The molecular weight excluding hydrogens is 668 g/mol. The van der Waals surface area contributed by atoms with E-state index in [1.165, 1.54) is 32.7 Å². The fraction of sp³-hybridized carbons (Fsp3) is 0.800. The number of aromatic nitrogens is 4. The Kier molecular flexibility index (Phi) is 28.8.